The van der Waals surface area contributed by atoms with Crippen molar-refractivity contribution in [3.05, 3.63) is 428 Å². The highest BCUT2D eigenvalue weighted by Crippen LogP contribution is 2.25. The summed E-state index contributed by atoms with van der Waals surface area (Å²) in [6.07, 6.45) is 40.7. The average Bonchev–Trinajstić information content (AvgIpc) is 0.766. The Morgan fingerprint density at radius 2 is 0.496 bits per heavy atom. The first-order valence-corrected chi connectivity index (χ1v) is 50.9. The van der Waals surface area contributed by atoms with Crippen LogP contribution in [0.3, 0.4) is 0 Å². The van der Waals surface area contributed by atoms with Gasteiger partial charge in [0.15, 0.2) is 27.8 Å². The third-order valence-corrected chi connectivity index (χ3v) is 38.6. The van der Waals surface area contributed by atoms with Crippen molar-refractivity contribution in [2.75, 3.05) is 0 Å². The Balaban J connectivity index is 0.000000123. The van der Waals surface area contributed by atoms with E-state index in [1.54, 1.807) is 12.4 Å². The van der Waals surface area contributed by atoms with Crippen LogP contribution in [0.25, 0.3) is 90.2 Å². The minimum atomic E-state index is -2.50. The monoisotopic (exact) mass is 1660 g/mol. The van der Waals surface area contributed by atoms with E-state index in [0.29, 0.717) is 0 Å². The molecular formula is C102H85N17Si4. The predicted molar refractivity (Wildman–Crippen MR) is 505 cm³/mol. The van der Waals surface area contributed by atoms with Crippen LogP contribution in [0.1, 0.15) is 0 Å². The molecule has 19 rings (SSSR count). The van der Waals surface area contributed by atoms with E-state index in [2.05, 4.69) is 244 Å². The van der Waals surface area contributed by atoms with E-state index in [0.717, 1.165) is 101 Å². The molecule has 0 radical (unpaired) electrons. The average molecular weight is 1660 g/mol. The SMILES string of the molecule is C[Si](C)(c1cncc(-c2ccccc2)n1)c1ccnc(-c2ccccc2)n1.C[Si](c1cccc(-c2ccncc2)c1)(c1ccnc(-c2ccncc2)c1)c1ccnc(-c2ccncc2)c1.C[Si](c1ccccc1)(c1ccnc(-c2cccnc2)c1)c1ccnc(-c2cccnc2)c1.C[Si](c1ccncc1)(c1ccncc1)c1ccnc(-c2ccccc2)n1. The van der Waals surface area contributed by atoms with E-state index in [9.17, 15) is 0 Å². The van der Waals surface area contributed by atoms with Crippen LogP contribution in [-0.4, -0.2) is 117 Å². The fourth-order valence-corrected chi connectivity index (χ4v) is 27.5. The van der Waals surface area contributed by atoms with E-state index in [1.807, 2.05) is 263 Å². The third-order valence-electron chi connectivity index (χ3n) is 22.4. The van der Waals surface area contributed by atoms with Crippen LogP contribution in [0.4, 0.5) is 0 Å². The molecule has 5 aromatic carbocycles. The van der Waals surface area contributed by atoms with Crippen molar-refractivity contribution in [2.24, 2.45) is 0 Å². The molecule has 21 heteroatoms. The van der Waals surface area contributed by atoms with Gasteiger partial charge in [-0.2, -0.15) is 0 Å². The molecule has 14 heterocycles. The van der Waals surface area contributed by atoms with Gasteiger partial charge in [0, 0.05) is 185 Å². The van der Waals surface area contributed by atoms with Crippen molar-refractivity contribution in [1.82, 2.24) is 84.7 Å². The molecule has 123 heavy (non-hydrogen) atoms. The lowest BCUT2D eigenvalue weighted by molar-refractivity contribution is 1.19. The van der Waals surface area contributed by atoms with E-state index >= 15 is 0 Å². The Kier molecular flexibility index (Phi) is 25.4. The molecule has 0 bridgehead atoms. The molecule has 0 aliphatic carbocycles. The lowest BCUT2D eigenvalue weighted by Gasteiger charge is -2.30. The standard InChI is InChI=1S/C32H25N5Si.C27H22N4Si.C22H20N4Si.C21H18N4Si/c1-38(28-4-2-3-27(21-28)24-5-13-33-14-6-24,29-11-19-36-31(22-29)25-7-15-34-16-8-25)30-12-20-37-32(23-30)26-9-17-35-18-10-26;1-32(23-9-3-2-4-10-23,24-11-15-30-26(17-24)21-7-5-13-28-19-21)25-12-16-31-27(18-25)22-8-6-14-29-20-22;1-27(2,20-13-14-24-22(26-20)18-11-7-4-8-12-18)21-16-23-15-19(25-21)17-9-5-3-6-10-17;1-26(18-7-12-22-13-8-18,19-9-14-23-15-10-19)20-11-16-24-21(25-20)17-5-3-2-4-6-17/h2-23H,1H3;2-20H,1H3;3-16H,1-2H3;2-16H,1H3. The minimum absolute atomic E-state index is 0.751. The second-order valence-corrected chi connectivity index (χ2v) is 46.4. The highest BCUT2D eigenvalue weighted by molar-refractivity contribution is 7.12. The number of nitrogens with zero attached hydrogens (tertiary/aromatic N) is 17. The molecule has 17 nitrogen and oxygen atoms in total. The van der Waals surface area contributed by atoms with Crippen molar-refractivity contribution in [3.63, 3.8) is 0 Å². The fraction of sp³-hybridized carbons (Fsp3) is 0.0490. The van der Waals surface area contributed by atoms with E-state index in [1.165, 1.54) is 47.1 Å². The molecule has 0 aliphatic heterocycles. The lowest BCUT2D eigenvalue weighted by Crippen LogP contribution is -2.65. The topological polar surface area (TPSA) is 219 Å². The molecule has 0 fully saturated rings. The van der Waals surface area contributed by atoms with Gasteiger partial charge < -0.3 is 0 Å². The summed E-state index contributed by atoms with van der Waals surface area (Å²) in [5.74, 6) is 1.51. The van der Waals surface area contributed by atoms with Crippen molar-refractivity contribution < 1.29 is 0 Å². The predicted octanol–water partition coefficient (Wildman–Crippen LogP) is 13.9. The summed E-state index contributed by atoms with van der Waals surface area (Å²) in [6, 6.07) is 100. The van der Waals surface area contributed by atoms with Crippen molar-refractivity contribution in [1.29, 1.82) is 0 Å². The fourth-order valence-electron chi connectivity index (χ4n) is 15.2. The summed E-state index contributed by atoms with van der Waals surface area (Å²) >= 11 is 0. The molecule has 0 amide bonds. The molecule has 0 spiro atoms. The number of hydrogen-bond acceptors (Lipinski definition) is 17. The molecule has 594 valence electrons. The van der Waals surface area contributed by atoms with E-state index in [4.69, 9.17) is 24.9 Å². The van der Waals surface area contributed by atoms with Gasteiger partial charge in [0.2, 0.25) is 0 Å². The molecule has 0 saturated carbocycles. The Labute approximate surface area is 720 Å². The minimum Gasteiger partial charge on any atom is -0.265 e. The molecule has 0 N–H and O–H groups in total. The molecular weight excluding hydrogens is 1580 g/mol. The van der Waals surface area contributed by atoms with Crippen LogP contribution in [0.15, 0.2) is 428 Å². The number of benzene rings is 5. The first kappa shape index (κ1) is 81.6. The van der Waals surface area contributed by atoms with Crippen LogP contribution in [0, 0.1) is 0 Å². The second-order valence-electron chi connectivity index (χ2n) is 30.2. The van der Waals surface area contributed by atoms with Crippen LogP contribution in [0.5, 0.6) is 0 Å². The number of pyridine rings is 11. The molecule has 14 aromatic heterocycles. The molecule has 0 saturated heterocycles. The number of hydrogen-bond donors (Lipinski definition) is 0. The summed E-state index contributed by atoms with van der Waals surface area (Å²) in [6.45, 7) is 11.6. The van der Waals surface area contributed by atoms with Gasteiger partial charge in [0.1, 0.15) is 16.1 Å². The number of rotatable bonds is 19. The zero-order valence-electron chi connectivity index (χ0n) is 68.5. The molecule has 19 aromatic rings. The molecule has 0 aliphatic rings. The maximum absolute atomic E-state index is 4.98. The summed E-state index contributed by atoms with van der Waals surface area (Å²) in [5, 5.41) is 13.4. The van der Waals surface area contributed by atoms with Gasteiger partial charge in [-0.25, -0.2) is 19.9 Å². The second kappa shape index (κ2) is 38.3. The quantitative estimate of drug-likeness (QED) is 0.0687. The van der Waals surface area contributed by atoms with Gasteiger partial charge >= 0.3 is 0 Å². The van der Waals surface area contributed by atoms with Crippen molar-refractivity contribution in [3.8, 4) is 90.2 Å². The van der Waals surface area contributed by atoms with Gasteiger partial charge in [-0.1, -0.05) is 178 Å². The van der Waals surface area contributed by atoms with Gasteiger partial charge in [-0.3, -0.25) is 64.8 Å². The van der Waals surface area contributed by atoms with E-state index in [-0.39, 0.29) is 0 Å². The Morgan fingerprint density at radius 3 is 0.935 bits per heavy atom. The number of aromatic nitrogens is 17. The summed E-state index contributed by atoms with van der Waals surface area (Å²) < 4.78 is 0. The summed E-state index contributed by atoms with van der Waals surface area (Å²) in [7, 11) is -9.21. The smallest absolute Gasteiger partial charge is 0.168 e. The van der Waals surface area contributed by atoms with Crippen LogP contribution >= 0.6 is 0 Å². The summed E-state index contributed by atoms with van der Waals surface area (Å²) in [5.41, 5.74) is 14.2. The molecule has 0 unspecified atom stereocenters. The third kappa shape index (κ3) is 18.7. The maximum atomic E-state index is 4.98. The highest BCUT2D eigenvalue weighted by atomic mass is 28.3. The first-order valence-electron chi connectivity index (χ1n) is 40.4. The Hall–Kier alpha value is -15.1. The largest absolute Gasteiger partial charge is 0.265 e. The van der Waals surface area contributed by atoms with Gasteiger partial charge in [0.05, 0.1) is 34.7 Å². The van der Waals surface area contributed by atoms with Gasteiger partial charge in [-0.05, 0) is 198 Å². The molecule has 0 atom stereocenters. The van der Waals surface area contributed by atoms with Crippen LogP contribution in [-0.2, 0) is 0 Å². The summed E-state index contributed by atoms with van der Waals surface area (Å²) in [4.78, 5) is 76.4. The van der Waals surface area contributed by atoms with Crippen molar-refractivity contribution >= 4 is 89.7 Å². The first-order chi connectivity index (χ1) is 60.4. The van der Waals surface area contributed by atoms with Crippen molar-refractivity contribution in [2.45, 2.75) is 32.7 Å². The maximum Gasteiger partial charge on any atom is 0.168 e. The van der Waals surface area contributed by atoms with Gasteiger partial charge in [0.25, 0.3) is 0 Å². The van der Waals surface area contributed by atoms with Crippen LogP contribution < -0.4 is 57.4 Å². The lowest BCUT2D eigenvalue weighted by atomic mass is 10.1. The van der Waals surface area contributed by atoms with Crippen LogP contribution in [0.2, 0.25) is 32.7 Å². The Bertz CT molecular complexity index is 6240. The van der Waals surface area contributed by atoms with E-state index < -0.39 is 32.3 Å². The Morgan fingerprint density at radius 1 is 0.171 bits per heavy atom. The zero-order valence-corrected chi connectivity index (χ0v) is 72.5. The zero-order chi connectivity index (χ0) is 84.1. The highest BCUT2D eigenvalue weighted by Gasteiger charge is 2.39. The van der Waals surface area contributed by atoms with Gasteiger partial charge in [-0.15, -0.1) is 0 Å². The normalized spacial score (nSPS) is 11.3.